The van der Waals surface area contributed by atoms with Crippen molar-refractivity contribution in [3.05, 3.63) is 59.2 Å². The number of hydrogen-bond acceptors (Lipinski definition) is 2. The normalized spacial score (nSPS) is 10.0. The molecule has 0 heterocycles. The number of aryl methyl sites for hydroxylation is 2. The Morgan fingerprint density at radius 3 is 2.57 bits per heavy atom. The number of rotatable bonds is 3. The Bertz CT molecular complexity index is 698. The predicted octanol–water partition coefficient (Wildman–Crippen LogP) is 3.81. The molecule has 0 radical (unpaired) electrons. The van der Waals surface area contributed by atoms with E-state index in [0.717, 1.165) is 16.8 Å². The third kappa shape index (κ3) is 4.03. The fourth-order valence-electron chi connectivity index (χ4n) is 1.89. The van der Waals surface area contributed by atoms with Crippen molar-refractivity contribution in [1.82, 2.24) is 0 Å². The molecule has 4 nitrogen and oxygen atoms in total. The smallest absolute Gasteiger partial charge is 0.335 e. The molecule has 0 saturated carbocycles. The number of hydrogen-bond donors (Lipinski definition) is 3. The van der Waals surface area contributed by atoms with Crippen LogP contribution in [0.5, 0.6) is 0 Å². The molecule has 0 aliphatic carbocycles. The first-order valence-corrected chi connectivity index (χ1v) is 6.85. The summed E-state index contributed by atoms with van der Waals surface area (Å²) in [5.41, 5.74) is 4.01. The maximum atomic E-state index is 10.9. The number of anilines is 2. The molecule has 0 spiro atoms. The monoisotopic (exact) mass is 300 g/mol. The Kier molecular flexibility index (Phi) is 4.55. The van der Waals surface area contributed by atoms with Crippen LogP contribution < -0.4 is 10.6 Å². The van der Waals surface area contributed by atoms with Gasteiger partial charge in [-0.2, -0.15) is 0 Å². The summed E-state index contributed by atoms with van der Waals surface area (Å²) >= 11 is 5.26. The first-order valence-electron chi connectivity index (χ1n) is 6.44. The molecule has 0 fully saturated rings. The van der Waals surface area contributed by atoms with E-state index in [1.165, 1.54) is 6.07 Å². The summed E-state index contributed by atoms with van der Waals surface area (Å²) in [5, 5.41) is 15.5. The molecule has 0 aliphatic heterocycles. The maximum absolute atomic E-state index is 10.9. The summed E-state index contributed by atoms with van der Waals surface area (Å²) in [6.07, 6.45) is 0. The number of carboxylic acids is 1. The zero-order valence-corrected chi connectivity index (χ0v) is 12.6. The molecule has 5 heteroatoms. The molecule has 0 unspecified atom stereocenters. The zero-order chi connectivity index (χ0) is 15.4. The van der Waals surface area contributed by atoms with E-state index in [1.54, 1.807) is 18.2 Å². The summed E-state index contributed by atoms with van der Waals surface area (Å²) in [6.45, 7) is 4.01. The van der Waals surface area contributed by atoms with Gasteiger partial charge in [-0.1, -0.05) is 18.2 Å². The molecule has 2 aromatic rings. The fraction of sp³-hybridized carbons (Fsp3) is 0.125. The molecule has 3 N–H and O–H groups in total. The lowest BCUT2D eigenvalue weighted by Crippen LogP contribution is -2.19. The summed E-state index contributed by atoms with van der Waals surface area (Å²) in [6, 6.07) is 12.6. The molecule has 0 saturated heterocycles. The van der Waals surface area contributed by atoms with Crippen LogP contribution in [0.1, 0.15) is 21.5 Å². The van der Waals surface area contributed by atoms with Gasteiger partial charge >= 0.3 is 5.97 Å². The summed E-state index contributed by atoms with van der Waals surface area (Å²) in [5.74, 6) is -0.966. The largest absolute Gasteiger partial charge is 0.478 e. The van der Waals surface area contributed by atoms with Crippen LogP contribution in [0.2, 0.25) is 0 Å². The number of thiocarbonyl (C=S) groups is 1. The SMILES string of the molecule is Cc1ccc(C)c(NC(=S)Nc2cccc(C(=O)O)c2)c1. The van der Waals surface area contributed by atoms with Gasteiger partial charge < -0.3 is 15.7 Å². The van der Waals surface area contributed by atoms with Crippen molar-refractivity contribution in [3.63, 3.8) is 0 Å². The van der Waals surface area contributed by atoms with Gasteiger partial charge in [-0.3, -0.25) is 0 Å². The van der Waals surface area contributed by atoms with E-state index in [0.29, 0.717) is 10.8 Å². The number of carbonyl (C=O) groups is 1. The lowest BCUT2D eigenvalue weighted by Gasteiger charge is -2.13. The Balaban J connectivity index is 2.10. The zero-order valence-electron chi connectivity index (χ0n) is 11.8. The summed E-state index contributed by atoms with van der Waals surface area (Å²) in [4.78, 5) is 10.9. The highest BCUT2D eigenvalue weighted by molar-refractivity contribution is 7.80. The quantitative estimate of drug-likeness (QED) is 0.752. The second-order valence-corrected chi connectivity index (χ2v) is 5.19. The maximum Gasteiger partial charge on any atom is 0.335 e. The van der Waals surface area contributed by atoms with Crippen molar-refractivity contribution < 1.29 is 9.90 Å². The molecule has 108 valence electrons. The molecule has 0 aliphatic rings. The Labute approximate surface area is 128 Å². The topological polar surface area (TPSA) is 61.4 Å². The van der Waals surface area contributed by atoms with Crippen molar-refractivity contribution in [2.24, 2.45) is 0 Å². The van der Waals surface area contributed by atoms with Crippen molar-refractivity contribution in [1.29, 1.82) is 0 Å². The molecular weight excluding hydrogens is 284 g/mol. The average molecular weight is 300 g/mol. The van der Waals surface area contributed by atoms with Crippen LogP contribution in [0.15, 0.2) is 42.5 Å². The number of carboxylic acid groups (broad SMARTS) is 1. The fourth-order valence-corrected chi connectivity index (χ4v) is 2.11. The van der Waals surface area contributed by atoms with Crippen LogP contribution in [0.3, 0.4) is 0 Å². The van der Waals surface area contributed by atoms with Gasteiger partial charge in [0.15, 0.2) is 5.11 Å². The summed E-state index contributed by atoms with van der Waals surface area (Å²) in [7, 11) is 0. The van der Waals surface area contributed by atoms with Crippen molar-refractivity contribution >= 4 is 34.7 Å². The minimum atomic E-state index is -0.966. The standard InChI is InChI=1S/C16H16N2O2S/c1-10-6-7-11(2)14(8-10)18-16(21)17-13-5-3-4-12(9-13)15(19)20/h3-9H,1-2H3,(H,19,20)(H2,17,18,21). The second kappa shape index (κ2) is 6.37. The van der Waals surface area contributed by atoms with Gasteiger partial charge in [0.2, 0.25) is 0 Å². The predicted molar refractivity (Wildman–Crippen MR) is 89.2 cm³/mol. The number of aromatic carboxylic acids is 1. The molecule has 2 rings (SSSR count). The molecule has 0 amide bonds. The van der Waals surface area contributed by atoms with Crippen LogP contribution >= 0.6 is 12.2 Å². The van der Waals surface area contributed by atoms with Crippen LogP contribution in [0.4, 0.5) is 11.4 Å². The van der Waals surface area contributed by atoms with Crippen molar-refractivity contribution in [3.8, 4) is 0 Å². The van der Waals surface area contributed by atoms with E-state index >= 15 is 0 Å². The minimum absolute atomic E-state index is 0.217. The van der Waals surface area contributed by atoms with E-state index in [-0.39, 0.29) is 5.56 Å². The van der Waals surface area contributed by atoms with Crippen LogP contribution in [-0.4, -0.2) is 16.2 Å². The third-order valence-electron chi connectivity index (χ3n) is 3.01. The lowest BCUT2D eigenvalue weighted by atomic mass is 10.1. The molecule has 0 atom stereocenters. The van der Waals surface area contributed by atoms with Gasteiger partial charge in [0.05, 0.1) is 5.56 Å². The van der Waals surface area contributed by atoms with E-state index < -0.39 is 5.97 Å². The van der Waals surface area contributed by atoms with E-state index in [2.05, 4.69) is 10.6 Å². The van der Waals surface area contributed by atoms with Crippen LogP contribution in [0.25, 0.3) is 0 Å². The van der Waals surface area contributed by atoms with Crippen LogP contribution in [-0.2, 0) is 0 Å². The van der Waals surface area contributed by atoms with E-state index in [9.17, 15) is 4.79 Å². The highest BCUT2D eigenvalue weighted by Crippen LogP contribution is 2.17. The van der Waals surface area contributed by atoms with Gasteiger partial charge in [0.1, 0.15) is 0 Å². The molecule has 21 heavy (non-hydrogen) atoms. The highest BCUT2D eigenvalue weighted by atomic mass is 32.1. The van der Waals surface area contributed by atoms with Crippen molar-refractivity contribution in [2.75, 3.05) is 10.6 Å². The van der Waals surface area contributed by atoms with E-state index in [4.69, 9.17) is 17.3 Å². The van der Waals surface area contributed by atoms with Gasteiger partial charge in [0, 0.05) is 11.4 Å². The Morgan fingerprint density at radius 1 is 1.10 bits per heavy atom. The second-order valence-electron chi connectivity index (χ2n) is 4.78. The summed E-state index contributed by atoms with van der Waals surface area (Å²) < 4.78 is 0. The molecule has 2 aromatic carbocycles. The number of nitrogens with one attached hydrogen (secondary N) is 2. The minimum Gasteiger partial charge on any atom is -0.478 e. The third-order valence-corrected chi connectivity index (χ3v) is 3.21. The molecular formula is C16H16N2O2S. The molecule has 0 bridgehead atoms. The van der Waals surface area contributed by atoms with E-state index in [1.807, 2.05) is 32.0 Å². The first kappa shape index (κ1) is 15.0. The van der Waals surface area contributed by atoms with Gasteiger partial charge in [0.25, 0.3) is 0 Å². The number of benzene rings is 2. The average Bonchev–Trinajstić information content (AvgIpc) is 2.43. The van der Waals surface area contributed by atoms with Gasteiger partial charge in [-0.15, -0.1) is 0 Å². The van der Waals surface area contributed by atoms with Gasteiger partial charge in [-0.25, -0.2) is 4.79 Å². The first-order chi connectivity index (χ1) is 9.95. The van der Waals surface area contributed by atoms with Crippen LogP contribution in [0, 0.1) is 13.8 Å². The van der Waals surface area contributed by atoms with Crippen molar-refractivity contribution in [2.45, 2.75) is 13.8 Å². The highest BCUT2D eigenvalue weighted by Gasteiger charge is 2.05. The molecule has 0 aromatic heterocycles. The Morgan fingerprint density at radius 2 is 1.86 bits per heavy atom. The lowest BCUT2D eigenvalue weighted by molar-refractivity contribution is 0.0697. The Hall–Kier alpha value is -2.40. The van der Waals surface area contributed by atoms with Gasteiger partial charge in [-0.05, 0) is 61.5 Å².